The molecule has 0 saturated heterocycles. The highest BCUT2D eigenvalue weighted by Crippen LogP contribution is 2.19. The molecule has 0 fully saturated rings. The van der Waals surface area contributed by atoms with E-state index in [0.29, 0.717) is 6.54 Å². The van der Waals surface area contributed by atoms with E-state index in [1.165, 1.54) is 0 Å². The molecule has 17 heavy (non-hydrogen) atoms. The molecule has 0 bridgehead atoms. The van der Waals surface area contributed by atoms with Crippen LogP contribution in [0.5, 0.6) is 5.75 Å². The zero-order valence-electron chi connectivity index (χ0n) is 10.6. The summed E-state index contributed by atoms with van der Waals surface area (Å²) in [5, 5.41) is 3.32. The van der Waals surface area contributed by atoms with Gasteiger partial charge in [-0.25, -0.2) is 0 Å². The number of nitrogens with two attached hydrogens (primary N) is 1. The van der Waals surface area contributed by atoms with E-state index in [4.69, 9.17) is 10.5 Å². The first kappa shape index (κ1) is 13.7. The van der Waals surface area contributed by atoms with Crippen molar-refractivity contribution in [1.82, 2.24) is 5.32 Å². The molecule has 0 spiro atoms. The molecule has 1 atom stereocenters. The van der Waals surface area contributed by atoms with E-state index in [1.54, 1.807) is 0 Å². The number of hydrogen-bond donors (Lipinski definition) is 2. The summed E-state index contributed by atoms with van der Waals surface area (Å²) >= 11 is 0. The monoisotopic (exact) mass is 234 g/mol. The quantitative estimate of drug-likeness (QED) is 0.711. The standard InChI is InChI=1S/C14H22N2O/c1-4-8-16-14(10-15)12-6-5-7-13(9-12)17-11(2)3/h4-7,9,11,14,16H,1,8,10,15H2,2-3H3. The average molecular weight is 234 g/mol. The minimum absolute atomic E-state index is 0.142. The van der Waals surface area contributed by atoms with Gasteiger partial charge >= 0.3 is 0 Å². The summed E-state index contributed by atoms with van der Waals surface area (Å²) in [7, 11) is 0. The molecule has 0 radical (unpaired) electrons. The second-order valence-electron chi connectivity index (χ2n) is 4.22. The highest BCUT2D eigenvalue weighted by molar-refractivity contribution is 5.31. The first-order valence-electron chi connectivity index (χ1n) is 5.98. The number of rotatable bonds is 7. The topological polar surface area (TPSA) is 47.3 Å². The smallest absolute Gasteiger partial charge is 0.120 e. The molecule has 0 aliphatic heterocycles. The summed E-state index contributed by atoms with van der Waals surface area (Å²) in [5.41, 5.74) is 6.91. The van der Waals surface area contributed by atoms with Gasteiger partial charge in [-0.2, -0.15) is 0 Å². The van der Waals surface area contributed by atoms with E-state index >= 15 is 0 Å². The van der Waals surface area contributed by atoms with Crippen LogP contribution in [0.3, 0.4) is 0 Å². The molecule has 0 aliphatic carbocycles. The van der Waals surface area contributed by atoms with Gasteiger partial charge < -0.3 is 15.8 Å². The Kier molecular flexibility index (Phi) is 5.73. The Morgan fingerprint density at radius 2 is 2.24 bits per heavy atom. The van der Waals surface area contributed by atoms with Crippen LogP contribution in [0.25, 0.3) is 0 Å². The van der Waals surface area contributed by atoms with Crippen molar-refractivity contribution in [2.45, 2.75) is 26.0 Å². The molecule has 0 heterocycles. The van der Waals surface area contributed by atoms with E-state index < -0.39 is 0 Å². The van der Waals surface area contributed by atoms with Crippen LogP contribution < -0.4 is 15.8 Å². The van der Waals surface area contributed by atoms with Gasteiger partial charge in [-0.05, 0) is 31.5 Å². The van der Waals surface area contributed by atoms with Gasteiger partial charge in [-0.15, -0.1) is 6.58 Å². The largest absolute Gasteiger partial charge is 0.491 e. The maximum atomic E-state index is 5.76. The van der Waals surface area contributed by atoms with Crippen molar-refractivity contribution in [3.63, 3.8) is 0 Å². The molecule has 3 heteroatoms. The maximum absolute atomic E-state index is 5.76. The lowest BCUT2D eigenvalue weighted by Gasteiger charge is -2.18. The Labute approximate surface area is 104 Å². The fraction of sp³-hybridized carbons (Fsp3) is 0.429. The van der Waals surface area contributed by atoms with Gasteiger partial charge in [0.15, 0.2) is 0 Å². The lowest BCUT2D eigenvalue weighted by molar-refractivity contribution is 0.242. The van der Waals surface area contributed by atoms with Crippen molar-refractivity contribution >= 4 is 0 Å². The summed E-state index contributed by atoms with van der Waals surface area (Å²) in [5.74, 6) is 0.886. The van der Waals surface area contributed by atoms with E-state index in [1.807, 2.05) is 38.1 Å². The molecule has 0 aliphatic rings. The van der Waals surface area contributed by atoms with Gasteiger partial charge in [0.25, 0.3) is 0 Å². The fourth-order valence-electron chi connectivity index (χ4n) is 1.64. The molecule has 1 aromatic rings. The molecular weight excluding hydrogens is 212 g/mol. The number of hydrogen-bond acceptors (Lipinski definition) is 3. The summed E-state index contributed by atoms with van der Waals surface area (Å²) in [4.78, 5) is 0. The van der Waals surface area contributed by atoms with Crippen LogP contribution >= 0.6 is 0 Å². The third kappa shape index (κ3) is 4.59. The highest BCUT2D eigenvalue weighted by Gasteiger charge is 2.09. The Morgan fingerprint density at radius 3 is 2.82 bits per heavy atom. The van der Waals surface area contributed by atoms with Gasteiger partial charge in [0.05, 0.1) is 6.10 Å². The molecule has 0 saturated carbocycles. The normalized spacial score (nSPS) is 12.5. The molecule has 1 rings (SSSR count). The maximum Gasteiger partial charge on any atom is 0.120 e. The van der Waals surface area contributed by atoms with Gasteiger partial charge in [0.2, 0.25) is 0 Å². The van der Waals surface area contributed by atoms with Crippen molar-refractivity contribution in [2.24, 2.45) is 5.73 Å². The van der Waals surface area contributed by atoms with E-state index in [2.05, 4.69) is 18.0 Å². The molecule has 94 valence electrons. The number of ether oxygens (including phenoxy) is 1. The lowest BCUT2D eigenvalue weighted by atomic mass is 10.1. The van der Waals surface area contributed by atoms with Gasteiger partial charge in [-0.3, -0.25) is 0 Å². The van der Waals surface area contributed by atoms with Crippen LogP contribution in [0.1, 0.15) is 25.5 Å². The van der Waals surface area contributed by atoms with E-state index in [0.717, 1.165) is 17.9 Å². The van der Waals surface area contributed by atoms with Crippen molar-refractivity contribution in [3.8, 4) is 5.75 Å². The fourth-order valence-corrected chi connectivity index (χ4v) is 1.64. The summed E-state index contributed by atoms with van der Waals surface area (Å²) in [6.07, 6.45) is 2.01. The van der Waals surface area contributed by atoms with Crippen molar-refractivity contribution < 1.29 is 4.74 Å². The molecule has 0 amide bonds. The molecule has 1 unspecified atom stereocenters. The Bertz CT molecular complexity index is 350. The minimum atomic E-state index is 0.142. The van der Waals surface area contributed by atoms with Crippen LogP contribution in [0, 0.1) is 0 Å². The van der Waals surface area contributed by atoms with Crippen molar-refractivity contribution in [1.29, 1.82) is 0 Å². The third-order valence-corrected chi connectivity index (χ3v) is 2.38. The third-order valence-electron chi connectivity index (χ3n) is 2.38. The van der Waals surface area contributed by atoms with Gasteiger partial charge in [-0.1, -0.05) is 18.2 Å². The molecular formula is C14H22N2O. The molecule has 1 aromatic carbocycles. The predicted octanol–water partition coefficient (Wildman–Crippen LogP) is 2.25. The van der Waals surface area contributed by atoms with E-state index in [-0.39, 0.29) is 12.1 Å². The second-order valence-corrected chi connectivity index (χ2v) is 4.22. The SMILES string of the molecule is C=CCNC(CN)c1cccc(OC(C)C)c1. The van der Waals surface area contributed by atoms with Crippen LogP contribution in [0.2, 0.25) is 0 Å². The van der Waals surface area contributed by atoms with Crippen LogP contribution in [-0.2, 0) is 0 Å². The van der Waals surface area contributed by atoms with Gasteiger partial charge in [0.1, 0.15) is 5.75 Å². The Hall–Kier alpha value is -1.32. The van der Waals surface area contributed by atoms with Crippen LogP contribution in [0.15, 0.2) is 36.9 Å². The van der Waals surface area contributed by atoms with Gasteiger partial charge in [0, 0.05) is 19.1 Å². The first-order valence-corrected chi connectivity index (χ1v) is 5.98. The second kappa shape index (κ2) is 7.09. The summed E-state index contributed by atoms with van der Waals surface area (Å²) in [6, 6.07) is 8.19. The molecule has 0 aromatic heterocycles. The van der Waals surface area contributed by atoms with E-state index in [9.17, 15) is 0 Å². The first-order chi connectivity index (χ1) is 8.17. The number of benzene rings is 1. The summed E-state index contributed by atoms with van der Waals surface area (Å²) in [6.45, 7) is 9.03. The predicted molar refractivity (Wildman–Crippen MR) is 72.2 cm³/mol. The van der Waals surface area contributed by atoms with Crippen LogP contribution in [-0.4, -0.2) is 19.2 Å². The van der Waals surface area contributed by atoms with Crippen LogP contribution in [0.4, 0.5) is 0 Å². The molecule has 3 N–H and O–H groups in total. The van der Waals surface area contributed by atoms with Crippen molar-refractivity contribution in [3.05, 3.63) is 42.5 Å². The highest BCUT2D eigenvalue weighted by atomic mass is 16.5. The number of nitrogens with one attached hydrogen (secondary N) is 1. The zero-order valence-corrected chi connectivity index (χ0v) is 10.6. The minimum Gasteiger partial charge on any atom is -0.491 e. The summed E-state index contributed by atoms with van der Waals surface area (Å²) < 4.78 is 5.67. The average Bonchev–Trinajstić information content (AvgIpc) is 2.30. The zero-order chi connectivity index (χ0) is 12.7. The Morgan fingerprint density at radius 1 is 1.47 bits per heavy atom. The Balaban J connectivity index is 2.77. The lowest BCUT2D eigenvalue weighted by Crippen LogP contribution is -2.28. The molecule has 3 nitrogen and oxygen atoms in total. The van der Waals surface area contributed by atoms with Crippen molar-refractivity contribution in [2.75, 3.05) is 13.1 Å².